The summed E-state index contributed by atoms with van der Waals surface area (Å²) in [6.07, 6.45) is 3.43. The Labute approximate surface area is 137 Å². The number of nitrogens with zero attached hydrogens (tertiary/aromatic N) is 3. The smallest absolute Gasteiger partial charge is 0.231 e. The molecular weight excluding hydrogens is 310 g/mol. The number of nitriles is 1. The van der Waals surface area contributed by atoms with Crippen LogP contribution >= 0.6 is 11.6 Å². The van der Waals surface area contributed by atoms with E-state index in [0.717, 1.165) is 17.0 Å². The minimum absolute atomic E-state index is 0.611. The van der Waals surface area contributed by atoms with Gasteiger partial charge in [-0.1, -0.05) is 29.8 Å². The van der Waals surface area contributed by atoms with E-state index in [1.807, 2.05) is 47.0 Å². The molecule has 2 aromatic heterocycles. The molecule has 0 N–H and O–H groups in total. The highest BCUT2D eigenvalue weighted by atomic mass is 35.5. The Morgan fingerprint density at radius 2 is 1.87 bits per heavy atom. The molecule has 23 heavy (non-hydrogen) atoms. The Balaban J connectivity index is 1.94. The number of imidazole rings is 1. The Kier molecular flexibility index (Phi) is 3.14. The molecule has 0 spiro atoms. The second-order valence-electron chi connectivity index (χ2n) is 5.03. The van der Waals surface area contributed by atoms with Gasteiger partial charge in [0.15, 0.2) is 0 Å². The second kappa shape index (κ2) is 5.31. The summed E-state index contributed by atoms with van der Waals surface area (Å²) >= 11 is 6.29. The molecule has 0 radical (unpaired) electrons. The van der Waals surface area contributed by atoms with E-state index < -0.39 is 0 Å². The molecule has 4 aromatic rings. The van der Waals surface area contributed by atoms with Crippen molar-refractivity contribution in [3.63, 3.8) is 0 Å². The molecule has 0 saturated carbocycles. The predicted molar refractivity (Wildman–Crippen MR) is 88.1 cm³/mol. The zero-order valence-corrected chi connectivity index (χ0v) is 12.7. The molecule has 0 amide bonds. The van der Waals surface area contributed by atoms with Crippen molar-refractivity contribution in [3.8, 4) is 28.7 Å². The van der Waals surface area contributed by atoms with E-state index in [0.29, 0.717) is 22.0 Å². The van der Waals surface area contributed by atoms with Crippen LogP contribution in [0.1, 0.15) is 5.56 Å². The van der Waals surface area contributed by atoms with Crippen LogP contribution in [0.15, 0.2) is 65.4 Å². The average molecular weight is 320 g/mol. The molecule has 4 nitrogen and oxygen atoms in total. The first-order chi connectivity index (χ1) is 11.3. The van der Waals surface area contributed by atoms with Crippen molar-refractivity contribution in [1.82, 2.24) is 9.38 Å². The monoisotopic (exact) mass is 319 g/mol. The quantitative estimate of drug-likeness (QED) is 0.534. The van der Waals surface area contributed by atoms with Crippen LogP contribution in [-0.2, 0) is 0 Å². The van der Waals surface area contributed by atoms with Gasteiger partial charge in [0.05, 0.1) is 16.7 Å². The van der Waals surface area contributed by atoms with Crippen LogP contribution in [0.5, 0.6) is 0 Å². The average Bonchev–Trinajstić information content (AvgIpc) is 3.18. The molecule has 0 saturated heterocycles. The Hall–Kier alpha value is -3.03. The fraction of sp³-hybridized carbons (Fsp3) is 0. The van der Waals surface area contributed by atoms with Crippen molar-refractivity contribution in [1.29, 1.82) is 5.26 Å². The molecule has 0 aliphatic heterocycles. The fourth-order valence-electron chi connectivity index (χ4n) is 2.55. The van der Waals surface area contributed by atoms with Gasteiger partial charge < -0.3 is 4.42 Å². The molecule has 2 heterocycles. The van der Waals surface area contributed by atoms with Gasteiger partial charge in [-0.25, -0.2) is 4.98 Å². The molecule has 0 bridgehead atoms. The van der Waals surface area contributed by atoms with Crippen LogP contribution in [-0.4, -0.2) is 9.38 Å². The summed E-state index contributed by atoms with van der Waals surface area (Å²) < 4.78 is 7.47. The van der Waals surface area contributed by atoms with E-state index in [1.54, 1.807) is 18.4 Å². The second-order valence-corrected chi connectivity index (χ2v) is 5.44. The number of halogens is 1. The van der Waals surface area contributed by atoms with Crippen molar-refractivity contribution >= 4 is 17.3 Å². The first-order valence-corrected chi connectivity index (χ1v) is 7.37. The SMILES string of the molecule is N#Cc1ccc(-c2nc(-c3ccccc3Cl)c3occn23)cc1. The summed E-state index contributed by atoms with van der Waals surface area (Å²) in [5, 5.41) is 9.54. The van der Waals surface area contributed by atoms with E-state index in [4.69, 9.17) is 26.3 Å². The maximum Gasteiger partial charge on any atom is 0.231 e. The number of hydrogen-bond acceptors (Lipinski definition) is 3. The minimum atomic E-state index is 0.611. The van der Waals surface area contributed by atoms with Crippen LogP contribution in [0.2, 0.25) is 5.02 Å². The summed E-state index contributed by atoms with van der Waals surface area (Å²) in [6.45, 7) is 0. The summed E-state index contributed by atoms with van der Waals surface area (Å²) in [5.41, 5.74) is 3.66. The molecule has 4 rings (SSSR count). The van der Waals surface area contributed by atoms with Gasteiger partial charge in [0.1, 0.15) is 17.8 Å². The molecule has 0 atom stereocenters. The summed E-state index contributed by atoms with van der Waals surface area (Å²) in [7, 11) is 0. The van der Waals surface area contributed by atoms with E-state index in [2.05, 4.69) is 6.07 Å². The minimum Gasteiger partial charge on any atom is -0.444 e. The van der Waals surface area contributed by atoms with Gasteiger partial charge in [-0.15, -0.1) is 0 Å². The first-order valence-electron chi connectivity index (χ1n) is 6.99. The molecule has 0 unspecified atom stereocenters. The van der Waals surface area contributed by atoms with E-state index in [-0.39, 0.29) is 0 Å². The molecule has 5 heteroatoms. The maximum atomic E-state index is 8.92. The summed E-state index contributed by atoms with van der Waals surface area (Å²) in [6, 6.07) is 16.9. The Bertz CT molecular complexity index is 1040. The number of benzene rings is 2. The predicted octanol–water partition coefficient (Wildman–Crippen LogP) is 4.79. The number of oxazole rings is 1. The number of hydrogen-bond donors (Lipinski definition) is 0. The van der Waals surface area contributed by atoms with Crippen LogP contribution in [0.4, 0.5) is 0 Å². The molecule has 0 fully saturated rings. The topological polar surface area (TPSA) is 54.2 Å². The number of fused-ring (bicyclic) bond motifs is 1. The van der Waals surface area contributed by atoms with Crippen molar-refractivity contribution < 1.29 is 4.42 Å². The van der Waals surface area contributed by atoms with Crippen LogP contribution in [0.25, 0.3) is 28.4 Å². The Morgan fingerprint density at radius 1 is 1.09 bits per heavy atom. The highest BCUT2D eigenvalue weighted by molar-refractivity contribution is 6.33. The van der Waals surface area contributed by atoms with Gasteiger partial charge in [0, 0.05) is 17.3 Å². The molecular formula is C18H10ClN3O. The zero-order chi connectivity index (χ0) is 15.8. The third kappa shape index (κ3) is 2.19. The van der Waals surface area contributed by atoms with Crippen molar-refractivity contribution in [3.05, 3.63) is 71.6 Å². The third-order valence-electron chi connectivity index (χ3n) is 3.66. The van der Waals surface area contributed by atoms with Gasteiger partial charge in [0.2, 0.25) is 5.71 Å². The standard InChI is InChI=1S/C18H10ClN3O/c19-15-4-2-1-3-14(15)16-18-22(9-10-23-18)17(21-16)13-7-5-12(11-20)6-8-13/h1-10H. The molecule has 110 valence electrons. The van der Waals surface area contributed by atoms with Crippen LogP contribution in [0.3, 0.4) is 0 Å². The van der Waals surface area contributed by atoms with Gasteiger partial charge in [-0.05, 0) is 30.3 Å². The lowest BCUT2D eigenvalue weighted by atomic mass is 10.1. The Morgan fingerprint density at radius 3 is 2.61 bits per heavy atom. The van der Waals surface area contributed by atoms with Crippen molar-refractivity contribution in [2.24, 2.45) is 0 Å². The third-order valence-corrected chi connectivity index (χ3v) is 3.99. The number of aromatic nitrogens is 2. The van der Waals surface area contributed by atoms with E-state index in [1.165, 1.54) is 0 Å². The highest BCUT2D eigenvalue weighted by Gasteiger charge is 2.18. The van der Waals surface area contributed by atoms with E-state index >= 15 is 0 Å². The lowest BCUT2D eigenvalue weighted by Gasteiger charge is -1.99. The van der Waals surface area contributed by atoms with Gasteiger partial charge in [-0.3, -0.25) is 4.40 Å². The highest BCUT2D eigenvalue weighted by Crippen LogP contribution is 2.33. The summed E-state index contributed by atoms with van der Waals surface area (Å²) in [5.74, 6) is 0.744. The maximum absolute atomic E-state index is 8.92. The molecule has 0 aliphatic rings. The normalized spacial score (nSPS) is 10.8. The van der Waals surface area contributed by atoms with Crippen molar-refractivity contribution in [2.75, 3.05) is 0 Å². The van der Waals surface area contributed by atoms with Gasteiger partial charge >= 0.3 is 0 Å². The zero-order valence-electron chi connectivity index (χ0n) is 11.9. The van der Waals surface area contributed by atoms with E-state index in [9.17, 15) is 0 Å². The number of rotatable bonds is 2. The molecule has 0 aliphatic carbocycles. The van der Waals surface area contributed by atoms with Crippen LogP contribution in [0, 0.1) is 11.3 Å². The lowest BCUT2D eigenvalue weighted by molar-refractivity contribution is 0.609. The fourth-order valence-corrected chi connectivity index (χ4v) is 2.78. The van der Waals surface area contributed by atoms with Gasteiger partial charge in [0.25, 0.3) is 0 Å². The lowest BCUT2D eigenvalue weighted by Crippen LogP contribution is -1.86. The van der Waals surface area contributed by atoms with Crippen molar-refractivity contribution in [2.45, 2.75) is 0 Å². The first kappa shape index (κ1) is 13.6. The summed E-state index contributed by atoms with van der Waals surface area (Å²) in [4.78, 5) is 4.71. The molecule has 2 aromatic carbocycles. The van der Waals surface area contributed by atoms with Crippen LogP contribution < -0.4 is 0 Å². The van der Waals surface area contributed by atoms with Gasteiger partial charge in [-0.2, -0.15) is 5.26 Å². The largest absolute Gasteiger partial charge is 0.444 e.